The van der Waals surface area contributed by atoms with Gasteiger partial charge in [0.25, 0.3) is 0 Å². The van der Waals surface area contributed by atoms with Crippen molar-refractivity contribution in [2.75, 3.05) is 26.2 Å². The lowest BCUT2D eigenvalue weighted by Gasteiger charge is -2.37. The quantitative estimate of drug-likeness (QED) is 0.925. The third kappa shape index (κ3) is 3.89. The molecular formula is C15H21N5O2S. The van der Waals surface area contributed by atoms with Gasteiger partial charge in [-0.25, -0.2) is 4.79 Å². The van der Waals surface area contributed by atoms with Crippen molar-refractivity contribution in [1.29, 1.82) is 0 Å². The number of hydrogen-bond acceptors (Lipinski definition) is 6. The molecule has 0 unspecified atom stereocenters. The molecule has 1 fully saturated rings. The summed E-state index contributed by atoms with van der Waals surface area (Å²) in [4.78, 5) is 20.5. The minimum atomic E-state index is -0.0738. The Hall–Kier alpha value is -1.93. The number of hydrogen-bond donors (Lipinski definition) is 1. The van der Waals surface area contributed by atoms with Crippen LogP contribution in [0.4, 0.5) is 4.79 Å². The highest BCUT2D eigenvalue weighted by atomic mass is 32.1. The van der Waals surface area contributed by atoms with E-state index in [-0.39, 0.29) is 6.03 Å². The molecule has 2 amide bonds. The van der Waals surface area contributed by atoms with Crippen molar-refractivity contribution in [3.8, 4) is 0 Å². The van der Waals surface area contributed by atoms with Crippen LogP contribution >= 0.6 is 11.3 Å². The van der Waals surface area contributed by atoms with Gasteiger partial charge in [-0.15, -0.1) is 0 Å². The fourth-order valence-electron chi connectivity index (χ4n) is 2.72. The first kappa shape index (κ1) is 15.9. The van der Waals surface area contributed by atoms with E-state index in [1.165, 1.54) is 5.56 Å². The molecule has 0 aromatic carbocycles. The number of carbonyl (C=O) groups is 1. The number of piperazine rings is 1. The Bertz CT molecular complexity index is 634. The second-order valence-corrected chi connectivity index (χ2v) is 6.42. The Labute approximate surface area is 139 Å². The SMILES string of the molecule is Cc1nc(CNC(=O)N2CCN([C@H](C)c3ccsc3)CC2)no1. The first-order valence-corrected chi connectivity index (χ1v) is 8.66. The molecule has 1 aliphatic heterocycles. The molecule has 0 radical (unpaired) electrons. The number of nitrogens with zero attached hydrogens (tertiary/aromatic N) is 4. The van der Waals surface area contributed by atoms with E-state index in [9.17, 15) is 4.79 Å². The zero-order chi connectivity index (χ0) is 16.2. The number of rotatable bonds is 4. The van der Waals surface area contributed by atoms with E-state index in [1.54, 1.807) is 18.3 Å². The van der Waals surface area contributed by atoms with Crippen LogP contribution in [-0.2, 0) is 6.54 Å². The maximum atomic E-state index is 12.2. The lowest BCUT2D eigenvalue weighted by molar-refractivity contribution is 0.114. The lowest BCUT2D eigenvalue weighted by Crippen LogP contribution is -2.52. The van der Waals surface area contributed by atoms with Gasteiger partial charge in [-0.1, -0.05) is 5.16 Å². The van der Waals surface area contributed by atoms with Crippen molar-refractivity contribution in [2.24, 2.45) is 0 Å². The third-order valence-corrected chi connectivity index (χ3v) is 4.84. The smallest absolute Gasteiger partial charge is 0.317 e. The van der Waals surface area contributed by atoms with E-state index in [1.807, 2.05) is 4.90 Å². The number of aryl methyl sites for hydroxylation is 1. The normalized spacial score (nSPS) is 17.2. The summed E-state index contributed by atoms with van der Waals surface area (Å²) < 4.78 is 4.89. The number of thiophene rings is 1. The second kappa shape index (κ2) is 7.10. The predicted molar refractivity (Wildman–Crippen MR) is 87.2 cm³/mol. The molecule has 0 aliphatic carbocycles. The zero-order valence-corrected chi connectivity index (χ0v) is 14.2. The molecule has 0 saturated carbocycles. The number of amides is 2. The Balaban J connectivity index is 1.45. The standard InChI is InChI=1S/C15H21N5O2S/c1-11(13-3-8-23-10-13)19-4-6-20(7-5-19)15(21)16-9-14-17-12(2)22-18-14/h3,8,10-11H,4-7,9H2,1-2H3,(H,16,21)/t11-/m1/s1. The highest BCUT2D eigenvalue weighted by Crippen LogP contribution is 2.23. The fourth-order valence-corrected chi connectivity index (χ4v) is 3.46. The molecule has 3 heterocycles. The van der Waals surface area contributed by atoms with Crippen LogP contribution in [-0.4, -0.2) is 52.2 Å². The summed E-state index contributed by atoms with van der Waals surface area (Å²) in [5, 5.41) is 10.9. The van der Waals surface area contributed by atoms with Crippen LogP contribution in [0.2, 0.25) is 0 Å². The topological polar surface area (TPSA) is 74.5 Å². The lowest BCUT2D eigenvalue weighted by atomic mass is 10.1. The molecule has 2 aromatic rings. The van der Waals surface area contributed by atoms with Crippen LogP contribution < -0.4 is 5.32 Å². The number of urea groups is 1. The molecule has 1 aliphatic rings. The van der Waals surface area contributed by atoms with Gasteiger partial charge in [-0.05, 0) is 29.3 Å². The monoisotopic (exact) mass is 335 g/mol. The summed E-state index contributed by atoms with van der Waals surface area (Å²) >= 11 is 1.72. The molecule has 1 N–H and O–H groups in total. The molecule has 23 heavy (non-hydrogen) atoms. The van der Waals surface area contributed by atoms with Gasteiger partial charge in [0.2, 0.25) is 5.89 Å². The summed E-state index contributed by atoms with van der Waals surface area (Å²) in [6, 6.07) is 2.49. The molecule has 0 bridgehead atoms. The molecule has 0 spiro atoms. The molecule has 124 valence electrons. The first-order chi connectivity index (χ1) is 11.1. The predicted octanol–water partition coefficient (Wildman–Crippen LogP) is 2.03. The minimum absolute atomic E-state index is 0.0738. The highest BCUT2D eigenvalue weighted by molar-refractivity contribution is 7.07. The summed E-state index contributed by atoms with van der Waals surface area (Å²) in [6.45, 7) is 7.46. The van der Waals surface area contributed by atoms with Crippen molar-refractivity contribution < 1.29 is 9.32 Å². The van der Waals surface area contributed by atoms with E-state index in [4.69, 9.17) is 4.52 Å². The van der Waals surface area contributed by atoms with E-state index in [2.05, 4.69) is 44.1 Å². The van der Waals surface area contributed by atoms with E-state index in [0.29, 0.717) is 24.3 Å². The van der Waals surface area contributed by atoms with Crippen molar-refractivity contribution in [1.82, 2.24) is 25.3 Å². The summed E-state index contributed by atoms with van der Waals surface area (Å²) in [5.74, 6) is 1.01. The number of aromatic nitrogens is 2. The van der Waals surface area contributed by atoms with Crippen LogP contribution in [0.5, 0.6) is 0 Å². The second-order valence-electron chi connectivity index (χ2n) is 5.64. The zero-order valence-electron chi connectivity index (χ0n) is 13.4. The van der Waals surface area contributed by atoms with E-state index < -0.39 is 0 Å². The molecular weight excluding hydrogens is 314 g/mol. The maximum Gasteiger partial charge on any atom is 0.317 e. The van der Waals surface area contributed by atoms with Crippen LogP contribution in [0, 0.1) is 6.92 Å². The van der Waals surface area contributed by atoms with Crippen molar-refractivity contribution >= 4 is 17.4 Å². The Morgan fingerprint density at radius 2 is 2.22 bits per heavy atom. The summed E-state index contributed by atoms with van der Waals surface area (Å²) in [7, 11) is 0. The fraction of sp³-hybridized carbons (Fsp3) is 0.533. The van der Waals surface area contributed by atoms with Crippen molar-refractivity contribution in [3.63, 3.8) is 0 Å². The van der Waals surface area contributed by atoms with Crippen LogP contribution in [0.3, 0.4) is 0 Å². The molecule has 1 atom stereocenters. The van der Waals surface area contributed by atoms with Crippen molar-refractivity contribution in [3.05, 3.63) is 34.1 Å². The third-order valence-electron chi connectivity index (χ3n) is 4.14. The summed E-state index contributed by atoms with van der Waals surface area (Å²) in [6.07, 6.45) is 0. The Morgan fingerprint density at radius 1 is 1.43 bits per heavy atom. The minimum Gasteiger partial charge on any atom is -0.340 e. The molecule has 8 heteroatoms. The van der Waals surface area contributed by atoms with Gasteiger partial charge < -0.3 is 14.7 Å². The van der Waals surface area contributed by atoms with Gasteiger partial charge >= 0.3 is 6.03 Å². The van der Waals surface area contributed by atoms with Gasteiger partial charge in [-0.3, -0.25) is 4.90 Å². The van der Waals surface area contributed by atoms with E-state index in [0.717, 1.165) is 26.2 Å². The highest BCUT2D eigenvalue weighted by Gasteiger charge is 2.24. The van der Waals surface area contributed by atoms with Gasteiger partial charge in [0.05, 0.1) is 6.54 Å². The van der Waals surface area contributed by atoms with Crippen LogP contribution in [0.15, 0.2) is 21.3 Å². The van der Waals surface area contributed by atoms with Gasteiger partial charge in [-0.2, -0.15) is 16.3 Å². The number of carbonyl (C=O) groups excluding carboxylic acids is 1. The molecule has 7 nitrogen and oxygen atoms in total. The van der Waals surface area contributed by atoms with Crippen LogP contribution in [0.25, 0.3) is 0 Å². The first-order valence-electron chi connectivity index (χ1n) is 7.71. The van der Waals surface area contributed by atoms with E-state index >= 15 is 0 Å². The van der Waals surface area contributed by atoms with Crippen molar-refractivity contribution in [2.45, 2.75) is 26.4 Å². The van der Waals surface area contributed by atoms with Crippen LogP contribution in [0.1, 0.15) is 30.2 Å². The molecule has 3 rings (SSSR count). The largest absolute Gasteiger partial charge is 0.340 e. The summed E-state index contributed by atoms with van der Waals surface area (Å²) in [5.41, 5.74) is 1.35. The Kier molecular flexibility index (Phi) is 4.92. The Morgan fingerprint density at radius 3 is 2.83 bits per heavy atom. The van der Waals surface area contributed by atoms with Gasteiger partial charge in [0.15, 0.2) is 5.82 Å². The maximum absolute atomic E-state index is 12.2. The van der Waals surface area contributed by atoms with Gasteiger partial charge in [0.1, 0.15) is 0 Å². The average Bonchev–Trinajstić information content (AvgIpc) is 3.24. The molecule has 2 aromatic heterocycles. The average molecular weight is 335 g/mol. The van der Waals surface area contributed by atoms with Gasteiger partial charge in [0, 0.05) is 39.1 Å². The molecule has 1 saturated heterocycles. The number of nitrogens with one attached hydrogen (secondary N) is 1.